The van der Waals surface area contributed by atoms with Gasteiger partial charge in [-0.1, -0.05) is 19.1 Å². The number of nitrogen functional groups attached to an aromatic ring is 1. The average Bonchev–Trinajstić information content (AvgIpc) is 2.16. The summed E-state index contributed by atoms with van der Waals surface area (Å²) in [6.45, 7) is 6.64. The molecule has 3 N–H and O–H groups in total. The summed E-state index contributed by atoms with van der Waals surface area (Å²) in [5.74, 6) is 0.587. The lowest BCUT2D eigenvalue weighted by molar-refractivity contribution is 1.02. The predicted molar refractivity (Wildman–Crippen MR) is 54.4 cm³/mol. The second-order valence-electron chi connectivity index (χ2n) is 2.80. The molecule has 1 aromatic heterocycles. The van der Waals surface area contributed by atoms with Gasteiger partial charge in [0.2, 0.25) is 5.95 Å². The first-order valence-corrected chi connectivity index (χ1v) is 4.20. The molecule has 13 heavy (non-hydrogen) atoms. The van der Waals surface area contributed by atoms with E-state index < -0.39 is 0 Å². The molecule has 0 aliphatic heterocycles. The zero-order chi connectivity index (χ0) is 9.68. The quantitative estimate of drug-likeness (QED) is 0.685. The molecule has 0 atom stereocenters. The van der Waals surface area contributed by atoms with E-state index in [1.165, 1.54) is 0 Å². The van der Waals surface area contributed by atoms with Gasteiger partial charge in [0.25, 0.3) is 0 Å². The molecule has 0 amide bonds. The van der Waals surface area contributed by atoms with E-state index >= 15 is 0 Å². The summed E-state index contributed by atoms with van der Waals surface area (Å²) in [5.41, 5.74) is 7.13. The molecule has 0 spiro atoms. The van der Waals surface area contributed by atoms with Crippen molar-refractivity contribution in [3.8, 4) is 0 Å². The fraction of sp³-hybridized carbons (Fsp3) is 0.333. The van der Waals surface area contributed by atoms with Crippen LogP contribution in [0.4, 0.5) is 11.6 Å². The maximum Gasteiger partial charge on any atom is 0.222 e. The Kier molecular flexibility index (Phi) is 3.25. The molecule has 0 radical (unpaired) electrons. The van der Waals surface area contributed by atoms with E-state index in [2.05, 4.69) is 28.8 Å². The molecule has 0 aromatic carbocycles. The molecule has 0 saturated carbocycles. The highest BCUT2D eigenvalue weighted by molar-refractivity contribution is 5.36. The number of aromatic nitrogens is 2. The maximum atomic E-state index is 5.44. The van der Waals surface area contributed by atoms with Crippen molar-refractivity contribution in [3.63, 3.8) is 0 Å². The highest BCUT2D eigenvalue weighted by Gasteiger charge is 1.95. The standard InChI is InChI=1S/C9H14N4/c1-3-7(2)4-11-9-12-5-8(10)6-13-9/h5-6H,2-4,10H2,1H3,(H,11,12,13). The number of nitrogens with two attached hydrogens (primary N) is 1. The van der Waals surface area contributed by atoms with Crippen LogP contribution >= 0.6 is 0 Å². The van der Waals surface area contributed by atoms with Crippen molar-refractivity contribution in [2.75, 3.05) is 17.6 Å². The summed E-state index contributed by atoms with van der Waals surface area (Å²) >= 11 is 0. The second-order valence-corrected chi connectivity index (χ2v) is 2.80. The summed E-state index contributed by atoms with van der Waals surface area (Å²) in [7, 11) is 0. The van der Waals surface area contributed by atoms with E-state index in [1.807, 2.05) is 0 Å². The molecular weight excluding hydrogens is 164 g/mol. The van der Waals surface area contributed by atoms with Crippen LogP contribution in [0.3, 0.4) is 0 Å². The Bertz CT molecular complexity index is 278. The van der Waals surface area contributed by atoms with E-state index in [4.69, 9.17) is 5.73 Å². The largest absolute Gasteiger partial charge is 0.396 e. The van der Waals surface area contributed by atoms with E-state index in [9.17, 15) is 0 Å². The van der Waals surface area contributed by atoms with Gasteiger partial charge in [0.15, 0.2) is 0 Å². The number of nitrogens with zero attached hydrogens (tertiary/aromatic N) is 2. The minimum atomic E-state index is 0.569. The third-order valence-corrected chi connectivity index (χ3v) is 1.67. The lowest BCUT2D eigenvalue weighted by Crippen LogP contribution is -2.06. The van der Waals surface area contributed by atoms with Crippen LogP contribution in [0.5, 0.6) is 0 Å². The molecule has 0 aliphatic rings. The van der Waals surface area contributed by atoms with Crippen LogP contribution in [0.1, 0.15) is 13.3 Å². The predicted octanol–water partition coefficient (Wildman–Crippen LogP) is 1.44. The lowest BCUT2D eigenvalue weighted by atomic mass is 10.2. The molecule has 70 valence electrons. The van der Waals surface area contributed by atoms with Crippen LogP contribution < -0.4 is 11.1 Å². The molecule has 0 bridgehead atoms. The number of anilines is 2. The maximum absolute atomic E-state index is 5.44. The summed E-state index contributed by atoms with van der Waals surface area (Å²) < 4.78 is 0. The van der Waals surface area contributed by atoms with Crippen LogP contribution in [-0.4, -0.2) is 16.5 Å². The van der Waals surface area contributed by atoms with Crippen LogP contribution in [0, 0.1) is 0 Å². The van der Waals surface area contributed by atoms with Crippen molar-refractivity contribution < 1.29 is 0 Å². The molecule has 4 heteroatoms. The minimum absolute atomic E-state index is 0.569. The van der Waals surface area contributed by atoms with E-state index in [0.29, 0.717) is 18.2 Å². The Balaban J connectivity index is 2.46. The number of hydrogen-bond donors (Lipinski definition) is 2. The van der Waals surface area contributed by atoms with Crippen molar-refractivity contribution in [2.24, 2.45) is 0 Å². The zero-order valence-corrected chi connectivity index (χ0v) is 7.75. The van der Waals surface area contributed by atoms with Gasteiger partial charge in [-0.3, -0.25) is 0 Å². The van der Waals surface area contributed by atoms with Crippen molar-refractivity contribution in [1.29, 1.82) is 0 Å². The van der Waals surface area contributed by atoms with Crippen LogP contribution in [-0.2, 0) is 0 Å². The summed E-state index contributed by atoms with van der Waals surface area (Å²) in [6, 6.07) is 0. The summed E-state index contributed by atoms with van der Waals surface area (Å²) in [6.07, 6.45) is 4.11. The third kappa shape index (κ3) is 3.11. The average molecular weight is 178 g/mol. The van der Waals surface area contributed by atoms with Crippen LogP contribution in [0.2, 0.25) is 0 Å². The summed E-state index contributed by atoms with van der Waals surface area (Å²) in [4.78, 5) is 7.99. The van der Waals surface area contributed by atoms with Gasteiger partial charge in [0.05, 0.1) is 18.1 Å². The first-order chi connectivity index (χ1) is 6.22. The SMILES string of the molecule is C=C(CC)CNc1ncc(N)cn1. The van der Waals surface area contributed by atoms with Crippen LogP contribution in [0.25, 0.3) is 0 Å². The van der Waals surface area contributed by atoms with Gasteiger partial charge in [-0.15, -0.1) is 0 Å². The first kappa shape index (κ1) is 9.51. The Morgan fingerprint density at radius 2 is 2.15 bits per heavy atom. The number of nitrogens with one attached hydrogen (secondary N) is 1. The van der Waals surface area contributed by atoms with Crippen molar-refractivity contribution in [3.05, 3.63) is 24.5 Å². The summed E-state index contributed by atoms with van der Waals surface area (Å²) in [5, 5.41) is 3.05. The van der Waals surface area contributed by atoms with E-state index in [0.717, 1.165) is 12.0 Å². The third-order valence-electron chi connectivity index (χ3n) is 1.67. The van der Waals surface area contributed by atoms with Crippen LogP contribution in [0.15, 0.2) is 24.5 Å². The zero-order valence-electron chi connectivity index (χ0n) is 7.75. The van der Waals surface area contributed by atoms with Gasteiger partial charge in [-0.2, -0.15) is 0 Å². The fourth-order valence-corrected chi connectivity index (χ4v) is 0.758. The Morgan fingerprint density at radius 1 is 1.54 bits per heavy atom. The monoisotopic (exact) mass is 178 g/mol. The second kappa shape index (κ2) is 4.45. The van der Waals surface area contributed by atoms with Gasteiger partial charge in [0.1, 0.15) is 0 Å². The van der Waals surface area contributed by atoms with Gasteiger partial charge in [-0.05, 0) is 6.42 Å². The van der Waals surface area contributed by atoms with E-state index in [-0.39, 0.29) is 0 Å². The lowest BCUT2D eigenvalue weighted by Gasteiger charge is -2.04. The van der Waals surface area contributed by atoms with Crippen molar-refractivity contribution in [2.45, 2.75) is 13.3 Å². The highest BCUT2D eigenvalue weighted by Crippen LogP contribution is 2.02. The molecule has 0 fully saturated rings. The smallest absolute Gasteiger partial charge is 0.222 e. The van der Waals surface area contributed by atoms with Gasteiger partial charge in [-0.25, -0.2) is 9.97 Å². The highest BCUT2D eigenvalue weighted by atomic mass is 15.1. The number of rotatable bonds is 4. The van der Waals surface area contributed by atoms with Crippen molar-refractivity contribution >= 4 is 11.6 Å². The topological polar surface area (TPSA) is 63.8 Å². The molecule has 1 rings (SSSR count). The molecule has 0 unspecified atom stereocenters. The molecular formula is C9H14N4. The Morgan fingerprint density at radius 3 is 2.69 bits per heavy atom. The minimum Gasteiger partial charge on any atom is -0.396 e. The Labute approximate surface area is 77.9 Å². The molecule has 0 saturated heterocycles. The van der Waals surface area contributed by atoms with E-state index in [1.54, 1.807) is 12.4 Å². The Hall–Kier alpha value is -1.58. The van der Waals surface area contributed by atoms with Gasteiger partial charge in [0, 0.05) is 6.54 Å². The molecule has 0 aliphatic carbocycles. The van der Waals surface area contributed by atoms with Gasteiger partial charge >= 0.3 is 0 Å². The van der Waals surface area contributed by atoms with Crippen molar-refractivity contribution in [1.82, 2.24) is 9.97 Å². The van der Waals surface area contributed by atoms with Gasteiger partial charge < -0.3 is 11.1 Å². The fourth-order valence-electron chi connectivity index (χ4n) is 0.758. The molecule has 1 heterocycles. The number of hydrogen-bond acceptors (Lipinski definition) is 4. The normalized spacial score (nSPS) is 9.62. The molecule has 4 nitrogen and oxygen atoms in total. The first-order valence-electron chi connectivity index (χ1n) is 4.20. The molecule has 1 aromatic rings.